The van der Waals surface area contributed by atoms with E-state index >= 15 is 0 Å². The number of amides is 3. The normalized spacial score (nSPS) is 36.8. The summed E-state index contributed by atoms with van der Waals surface area (Å²) in [6.07, 6.45) is 2.27. The molecule has 120 valence electrons. The number of hydrogen-bond acceptors (Lipinski definition) is 3. The molecule has 5 N–H and O–H groups in total. The summed E-state index contributed by atoms with van der Waals surface area (Å²) < 4.78 is 0. The fourth-order valence-electron chi connectivity index (χ4n) is 4.24. The number of nitrogens with one attached hydrogen (secondary N) is 3. The van der Waals surface area contributed by atoms with Gasteiger partial charge in [0.25, 0.3) is 5.91 Å². The predicted octanol–water partition coefficient (Wildman–Crippen LogP) is 1.17. The average molecular weight is 304 g/mol. The summed E-state index contributed by atoms with van der Waals surface area (Å²) in [5.74, 6) is 1.45. The molecule has 3 amide bonds. The summed E-state index contributed by atoms with van der Waals surface area (Å²) in [5.41, 5.74) is 6.78. The van der Waals surface area contributed by atoms with Crippen LogP contribution in [0.4, 0.5) is 4.79 Å². The van der Waals surface area contributed by atoms with Crippen LogP contribution in [0.5, 0.6) is 0 Å². The molecule has 2 fully saturated rings. The van der Waals surface area contributed by atoms with E-state index in [2.05, 4.69) is 43.3 Å². The topological polar surface area (TPSA) is 96.2 Å². The van der Waals surface area contributed by atoms with Crippen LogP contribution in [0.2, 0.25) is 0 Å². The Labute approximate surface area is 130 Å². The van der Waals surface area contributed by atoms with Crippen molar-refractivity contribution in [3.8, 4) is 0 Å². The minimum Gasteiger partial charge on any atom is -0.395 e. The van der Waals surface area contributed by atoms with Gasteiger partial charge in [0.15, 0.2) is 0 Å². The molecule has 0 bridgehead atoms. The van der Waals surface area contributed by atoms with Gasteiger partial charge in [-0.1, -0.05) is 27.4 Å². The molecule has 6 nitrogen and oxygen atoms in total. The molecule has 3 aliphatic rings. The number of fused-ring (bicyclic) bond motifs is 1. The highest BCUT2D eigenvalue weighted by atomic mass is 16.2. The van der Waals surface area contributed by atoms with Crippen molar-refractivity contribution in [3.05, 3.63) is 23.7 Å². The molecule has 4 unspecified atom stereocenters. The van der Waals surface area contributed by atoms with Gasteiger partial charge in [-0.3, -0.25) is 4.79 Å². The van der Waals surface area contributed by atoms with E-state index in [1.165, 1.54) is 6.42 Å². The zero-order valence-corrected chi connectivity index (χ0v) is 13.3. The van der Waals surface area contributed by atoms with Crippen LogP contribution in [-0.4, -0.2) is 18.0 Å². The number of hydrogen-bond donors (Lipinski definition) is 4. The molecular weight excluding hydrogens is 280 g/mol. The van der Waals surface area contributed by atoms with Crippen LogP contribution in [0.3, 0.4) is 0 Å². The lowest BCUT2D eigenvalue weighted by Gasteiger charge is -2.26. The van der Waals surface area contributed by atoms with Crippen LogP contribution in [0, 0.1) is 23.2 Å². The van der Waals surface area contributed by atoms with Crippen LogP contribution in [0.15, 0.2) is 23.7 Å². The van der Waals surface area contributed by atoms with Crippen LogP contribution in [-0.2, 0) is 4.79 Å². The van der Waals surface area contributed by atoms with E-state index < -0.39 is 6.03 Å². The Morgan fingerprint density at radius 1 is 1.41 bits per heavy atom. The Morgan fingerprint density at radius 3 is 2.68 bits per heavy atom. The van der Waals surface area contributed by atoms with Crippen LogP contribution in [0.1, 0.15) is 33.6 Å². The maximum atomic E-state index is 12.5. The summed E-state index contributed by atoms with van der Waals surface area (Å²) >= 11 is 0. The number of urea groups is 1. The Kier molecular flexibility index (Phi) is 3.23. The molecule has 6 heteroatoms. The van der Waals surface area contributed by atoms with E-state index in [0.717, 1.165) is 6.42 Å². The smallest absolute Gasteiger partial charge is 0.323 e. The van der Waals surface area contributed by atoms with Gasteiger partial charge in [0.05, 0.1) is 11.4 Å². The first kappa shape index (κ1) is 14.9. The van der Waals surface area contributed by atoms with Gasteiger partial charge in [0, 0.05) is 6.04 Å². The highest BCUT2D eigenvalue weighted by Crippen LogP contribution is 2.69. The lowest BCUT2D eigenvalue weighted by molar-refractivity contribution is -0.118. The highest BCUT2D eigenvalue weighted by molar-refractivity contribution is 6.00. The molecule has 0 aromatic carbocycles. The van der Waals surface area contributed by atoms with Crippen LogP contribution in [0.25, 0.3) is 0 Å². The summed E-state index contributed by atoms with van der Waals surface area (Å²) in [4.78, 5) is 23.9. The SMILES string of the molecule is C=C1NC(=O)NC(C(=O)NC2CC3(C(C)C)CC3C2C)=C1N. The van der Waals surface area contributed by atoms with E-state index in [4.69, 9.17) is 5.73 Å². The highest BCUT2D eigenvalue weighted by Gasteiger charge is 2.65. The van der Waals surface area contributed by atoms with Crippen molar-refractivity contribution in [3.63, 3.8) is 0 Å². The molecule has 1 heterocycles. The average Bonchev–Trinajstić information content (AvgIpc) is 3.10. The van der Waals surface area contributed by atoms with Gasteiger partial charge in [-0.15, -0.1) is 0 Å². The Bertz CT molecular complexity index is 595. The molecule has 2 aliphatic carbocycles. The summed E-state index contributed by atoms with van der Waals surface area (Å²) in [6, 6.07) is -0.348. The standard InChI is InChI=1S/C16H24N4O2/c1-7(2)16-5-10(16)8(3)11(6-16)19-14(21)13-12(17)9(4)18-15(22)20-13/h7-8,10-11H,4-6,17H2,1-3H3,(H,19,21)(H2,18,20,22). The summed E-state index contributed by atoms with van der Waals surface area (Å²) in [5, 5.41) is 7.97. The predicted molar refractivity (Wildman–Crippen MR) is 83.1 cm³/mol. The third-order valence-corrected chi connectivity index (χ3v) is 5.84. The second-order valence-corrected chi connectivity index (χ2v) is 7.19. The van der Waals surface area contributed by atoms with Gasteiger partial charge in [0.2, 0.25) is 0 Å². The van der Waals surface area contributed by atoms with Gasteiger partial charge >= 0.3 is 6.03 Å². The van der Waals surface area contributed by atoms with E-state index in [9.17, 15) is 9.59 Å². The van der Waals surface area contributed by atoms with E-state index in [1.807, 2.05) is 0 Å². The van der Waals surface area contributed by atoms with Gasteiger partial charge in [0.1, 0.15) is 5.70 Å². The van der Waals surface area contributed by atoms with E-state index in [0.29, 0.717) is 23.2 Å². The Morgan fingerprint density at radius 2 is 2.09 bits per heavy atom. The van der Waals surface area contributed by atoms with E-state index in [-0.39, 0.29) is 29.0 Å². The van der Waals surface area contributed by atoms with Crippen LogP contribution >= 0.6 is 0 Å². The molecule has 0 radical (unpaired) electrons. The first-order chi connectivity index (χ1) is 10.3. The molecule has 1 aliphatic heterocycles. The second-order valence-electron chi connectivity index (χ2n) is 7.19. The van der Waals surface area contributed by atoms with Gasteiger partial charge in [-0.25, -0.2) is 4.79 Å². The van der Waals surface area contributed by atoms with E-state index in [1.54, 1.807) is 0 Å². The van der Waals surface area contributed by atoms with Crippen LogP contribution < -0.4 is 21.7 Å². The zero-order chi connectivity index (χ0) is 16.2. The third-order valence-electron chi connectivity index (χ3n) is 5.84. The monoisotopic (exact) mass is 304 g/mol. The number of carbonyl (C=O) groups is 2. The van der Waals surface area contributed by atoms with Crippen molar-refractivity contribution in [2.24, 2.45) is 28.9 Å². The molecule has 0 aromatic heterocycles. The first-order valence-electron chi connectivity index (χ1n) is 7.84. The summed E-state index contributed by atoms with van der Waals surface area (Å²) in [7, 11) is 0. The van der Waals surface area contributed by atoms with Crippen molar-refractivity contribution >= 4 is 11.9 Å². The van der Waals surface area contributed by atoms with Crippen molar-refractivity contribution in [2.45, 2.75) is 39.7 Å². The van der Waals surface area contributed by atoms with Crippen molar-refractivity contribution in [2.75, 3.05) is 0 Å². The summed E-state index contributed by atoms with van der Waals surface area (Å²) in [6.45, 7) is 10.4. The molecule has 0 spiro atoms. The largest absolute Gasteiger partial charge is 0.395 e. The minimum absolute atomic E-state index is 0.0973. The number of carbonyl (C=O) groups excluding carboxylic acids is 2. The number of nitrogens with two attached hydrogens (primary N) is 1. The molecule has 3 rings (SSSR count). The molecular formula is C16H24N4O2. The third kappa shape index (κ3) is 2.09. The molecule has 0 aromatic rings. The minimum atomic E-state index is -0.481. The molecule has 22 heavy (non-hydrogen) atoms. The van der Waals surface area contributed by atoms with Crippen molar-refractivity contribution in [1.29, 1.82) is 0 Å². The fourth-order valence-corrected chi connectivity index (χ4v) is 4.24. The first-order valence-corrected chi connectivity index (χ1v) is 7.84. The molecule has 2 saturated carbocycles. The number of rotatable bonds is 3. The zero-order valence-electron chi connectivity index (χ0n) is 13.3. The Balaban J connectivity index is 1.72. The molecule has 4 atom stereocenters. The quantitative estimate of drug-likeness (QED) is 0.630. The second kappa shape index (κ2) is 4.76. The lowest BCUT2D eigenvalue weighted by Crippen LogP contribution is -2.49. The van der Waals surface area contributed by atoms with Gasteiger partial charge in [-0.05, 0) is 36.0 Å². The Hall–Kier alpha value is -1.98. The van der Waals surface area contributed by atoms with Gasteiger partial charge < -0.3 is 21.7 Å². The van der Waals surface area contributed by atoms with Gasteiger partial charge in [-0.2, -0.15) is 0 Å². The maximum absolute atomic E-state index is 12.5. The fraction of sp³-hybridized carbons (Fsp3) is 0.625. The lowest BCUT2D eigenvalue weighted by atomic mass is 9.89. The molecule has 0 saturated heterocycles. The maximum Gasteiger partial charge on any atom is 0.323 e. The van der Waals surface area contributed by atoms with Crippen molar-refractivity contribution in [1.82, 2.24) is 16.0 Å². The van der Waals surface area contributed by atoms with Crippen molar-refractivity contribution < 1.29 is 9.59 Å².